The lowest BCUT2D eigenvalue weighted by molar-refractivity contribution is -0.258. The largest absolute Gasteiger partial charge is 0.421 e. The van der Waals surface area contributed by atoms with E-state index in [0.717, 1.165) is 44.5 Å². The Morgan fingerprint density at radius 2 is 1.41 bits per heavy atom. The second-order valence-electron chi connectivity index (χ2n) is 9.22. The molecule has 1 heterocycles. The van der Waals surface area contributed by atoms with E-state index in [9.17, 15) is 27.9 Å². The lowest BCUT2D eigenvalue weighted by atomic mass is 9.94. The zero-order chi connectivity index (χ0) is 24.7. The van der Waals surface area contributed by atoms with Crippen molar-refractivity contribution in [3.63, 3.8) is 0 Å². The fourth-order valence-electron chi connectivity index (χ4n) is 4.47. The van der Waals surface area contributed by atoms with Crippen molar-refractivity contribution in [1.82, 2.24) is 4.90 Å². The summed E-state index contributed by atoms with van der Waals surface area (Å²) >= 11 is 0. The van der Waals surface area contributed by atoms with E-state index in [-0.39, 0.29) is 23.6 Å². The van der Waals surface area contributed by atoms with Crippen LogP contribution in [-0.2, 0) is 5.60 Å². The van der Waals surface area contributed by atoms with Gasteiger partial charge in [-0.25, -0.2) is 0 Å². The highest BCUT2D eigenvalue weighted by atomic mass is 19.4. The highest BCUT2D eigenvalue weighted by Gasteiger charge is 2.51. The van der Waals surface area contributed by atoms with Crippen LogP contribution < -0.4 is 10.6 Å². The molecule has 4 rings (SSSR count). The van der Waals surface area contributed by atoms with Gasteiger partial charge < -0.3 is 20.6 Å². The van der Waals surface area contributed by atoms with Crippen LogP contribution in [0.3, 0.4) is 0 Å². The minimum atomic E-state index is -4.81. The van der Waals surface area contributed by atoms with Crippen molar-refractivity contribution in [3.8, 4) is 0 Å². The molecule has 0 spiro atoms. The van der Waals surface area contributed by atoms with E-state index < -0.39 is 17.7 Å². The average molecular weight is 476 g/mol. The molecule has 2 aliphatic rings. The van der Waals surface area contributed by atoms with Crippen LogP contribution in [0.15, 0.2) is 48.5 Å². The first kappa shape index (κ1) is 24.1. The zero-order valence-corrected chi connectivity index (χ0v) is 18.9. The zero-order valence-electron chi connectivity index (χ0n) is 18.9. The van der Waals surface area contributed by atoms with E-state index >= 15 is 0 Å². The molecule has 0 bridgehead atoms. The summed E-state index contributed by atoms with van der Waals surface area (Å²) in [6, 6.07) is 12.4. The lowest BCUT2D eigenvalue weighted by Crippen LogP contribution is -2.48. The second kappa shape index (κ2) is 8.94. The number of halogens is 3. The molecule has 2 aromatic rings. The van der Waals surface area contributed by atoms with E-state index in [2.05, 4.69) is 4.90 Å². The molecule has 9 heteroatoms. The van der Waals surface area contributed by atoms with Crippen molar-refractivity contribution < 1.29 is 27.9 Å². The summed E-state index contributed by atoms with van der Waals surface area (Å²) in [6.07, 6.45) is -1.45. The number of alkyl halides is 3. The van der Waals surface area contributed by atoms with E-state index in [0.29, 0.717) is 18.1 Å². The van der Waals surface area contributed by atoms with Crippen LogP contribution in [0.4, 0.5) is 18.9 Å². The minimum Gasteiger partial charge on any atom is -0.376 e. The molecule has 34 heavy (non-hydrogen) atoms. The number of anilines is 1. The highest BCUT2D eigenvalue weighted by molar-refractivity contribution is 5.95. The number of hydrogen-bond donors (Lipinski definition) is 2. The monoisotopic (exact) mass is 475 g/mol. The van der Waals surface area contributed by atoms with Crippen molar-refractivity contribution in [3.05, 3.63) is 65.2 Å². The fourth-order valence-corrected chi connectivity index (χ4v) is 4.47. The standard InChI is InChI=1S/C25H28F3N3O3/c1-24(34,25(26,27)28)18-6-2-17(3-7-18)23(33)31(20-10-11-20)21-12-14-30(15-13-21)19-8-4-16(5-9-19)22(29)32/h2-9,20-21,34H,10-15H2,1H3,(H2,29,32). The van der Waals surface area contributed by atoms with Crippen LogP contribution in [0.25, 0.3) is 0 Å². The number of primary amides is 1. The number of carbonyl (C=O) groups excluding carboxylic acids is 2. The van der Waals surface area contributed by atoms with Crippen molar-refractivity contribution in [1.29, 1.82) is 0 Å². The van der Waals surface area contributed by atoms with E-state index in [4.69, 9.17) is 5.73 Å². The molecule has 1 unspecified atom stereocenters. The third-order valence-corrected chi connectivity index (χ3v) is 6.80. The highest BCUT2D eigenvalue weighted by Crippen LogP contribution is 2.39. The summed E-state index contributed by atoms with van der Waals surface area (Å²) in [5, 5.41) is 9.88. The third kappa shape index (κ3) is 4.75. The van der Waals surface area contributed by atoms with Crippen LogP contribution in [-0.4, -0.2) is 53.2 Å². The maximum Gasteiger partial charge on any atom is 0.421 e. The molecule has 182 valence electrons. The van der Waals surface area contributed by atoms with Gasteiger partial charge in [-0.1, -0.05) is 12.1 Å². The maximum atomic E-state index is 13.3. The lowest BCUT2D eigenvalue weighted by Gasteiger charge is -2.40. The van der Waals surface area contributed by atoms with Crippen LogP contribution in [0, 0.1) is 0 Å². The quantitative estimate of drug-likeness (QED) is 0.665. The van der Waals surface area contributed by atoms with Crippen molar-refractivity contribution in [2.75, 3.05) is 18.0 Å². The second-order valence-corrected chi connectivity index (χ2v) is 9.22. The molecular formula is C25H28F3N3O3. The summed E-state index contributed by atoms with van der Waals surface area (Å²) in [6.45, 7) is 2.19. The molecule has 2 aromatic carbocycles. The fraction of sp³-hybridized carbons (Fsp3) is 0.440. The number of benzene rings is 2. The Kier molecular flexibility index (Phi) is 6.33. The normalized spacial score (nSPS) is 18.9. The van der Waals surface area contributed by atoms with Crippen molar-refractivity contribution >= 4 is 17.5 Å². The number of nitrogens with zero attached hydrogens (tertiary/aromatic N) is 2. The molecule has 6 nitrogen and oxygen atoms in total. The smallest absolute Gasteiger partial charge is 0.376 e. The van der Waals surface area contributed by atoms with E-state index in [1.807, 2.05) is 17.0 Å². The Labute approximate surface area is 196 Å². The molecule has 0 radical (unpaired) electrons. The van der Waals surface area contributed by atoms with Gasteiger partial charge in [-0.2, -0.15) is 13.2 Å². The van der Waals surface area contributed by atoms with Gasteiger partial charge in [-0.3, -0.25) is 9.59 Å². The molecule has 0 aromatic heterocycles. The Morgan fingerprint density at radius 1 is 0.912 bits per heavy atom. The molecule has 1 saturated heterocycles. The van der Waals surface area contributed by atoms with Gasteiger partial charge in [0.05, 0.1) is 0 Å². The number of carbonyl (C=O) groups is 2. The number of hydrogen-bond acceptors (Lipinski definition) is 4. The molecule has 3 N–H and O–H groups in total. The first-order valence-corrected chi connectivity index (χ1v) is 11.4. The summed E-state index contributed by atoms with van der Waals surface area (Å²) in [4.78, 5) is 28.7. The SMILES string of the molecule is CC(O)(c1ccc(C(=O)N(C2CC2)C2CCN(c3ccc(C(N)=O)cc3)CC2)cc1)C(F)(F)F. The van der Waals surface area contributed by atoms with Crippen LogP contribution in [0.5, 0.6) is 0 Å². The summed E-state index contributed by atoms with van der Waals surface area (Å²) in [5.74, 6) is -0.663. The molecule has 1 aliphatic heterocycles. The van der Waals surface area contributed by atoms with Gasteiger partial charge >= 0.3 is 6.18 Å². The predicted octanol–water partition coefficient (Wildman–Crippen LogP) is 3.83. The number of rotatable bonds is 6. The van der Waals surface area contributed by atoms with Crippen molar-refractivity contribution in [2.45, 2.75) is 56.5 Å². The Bertz CT molecular complexity index is 1040. The van der Waals surface area contributed by atoms with Gasteiger partial charge in [0, 0.05) is 42.0 Å². The van der Waals surface area contributed by atoms with Gasteiger partial charge in [0.1, 0.15) is 0 Å². The number of piperidine rings is 1. The Balaban J connectivity index is 1.44. The summed E-state index contributed by atoms with van der Waals surface area (Å²) in [5.41, 5.74) is 3.78. The topological polar surface area (TPSA) is 86.9 Å². The van der Waals surface area contributed by atoms with Gasteiger partial charge in [0.2, 0.25) is 5.91 Å². The minimum absolute atomic E-state index is 0.0408. The van der Waals surface area contributed by atoms with Crippen LogP contribution >= 0.6 is 0 Å². The van der Waals surface area contributed by atoms with Gasteiger partial charge in [0.15, 0.2) is 5.60 Å². The first-order chi connectivity index (χ1) is 16.0. The van der Waals surface area contributed by atoms with Crippen molar-refractivity contribution in [2.24, 2.45) is 5.73 Å². The van der Waals surface area contributed by atoms with Gasteiger partial charge in [-0.15, -0.1) is 0 Å². The van der Waals surface area contributed by atoms with Crippen LogP contribution in [0.1, 0.15) is 58.9 Å². The third-order valence-electron chi connectivity index (χ3n) is 6.80. The number of nitrogens with two attached hydrogens (primary N) is 1. The molecule has 2 amide bonds. The molecule has 1 atom stereocenters. The summed E-state index contributed by atoms with van der Waals surface area (Å²) < 4.78 is 39.4. The molecule has 1 aliphatic carbocycles. The van der Waals surface area contributed by atoms with Crippen LogP contribution in [0.2, 0.25) is 0 Å². The molecule has 2 fully saturated rings. The van der Waals surface area contributed by atoms with Gasteiger partial charge in [-0.05, 0) is 74.6 Å². The maximum absolute atomic E-state index is 13.3. The molecule has 1 saturated carbocycles. The number of amides is 2. The first-order valence-electron chi connectivity index (χ1n) is 11.4. The predicted molar refractivity (Wildman–Crippen MR) is 121 cm³/mol. The Hall–Kier alpha value is -3.07. The molecular weight excluding hydrogens is 447 g/mol. The number of aliphatic hydroxyl groups is 1. The average Bonchev–Trinajstić information content (AvgIpc) is 3.64. The Morgan fingerprint density at radius 3 is 1.88 bits per heavy atom. The van der Waals surface area contributed by atoms with E-state index in [1.54, 1.807) is 12.1 Å². The summed E-state index contributed by atoms with van der Waals surface area (Å²) in [7, 11) is 0. The van der Waals surface area contributed by atoms with Gasteiger partial charge in [0.25, 0.3) is 5.91 Å². The van der Waals surface area contributed by atoms with E-state index in [1.165, 1.54) is 24.3 Å².